The van der Waals surface area contributed by atoms with E-state index >= 15 is 0 Å². The van der Waals surface area contributed by atoms with Crippen LogP contribution in [0.1, 0.15) is 26.4 Å². The molecule has 0 saturated heterocycles. The van der Waals surface area contributed by atoms with Gasteiger partial charge >= 0.3 is 5.97 Å². The van der Waals surface area contributed by atoms with Gasteiger partial charge in [-0.15, -0.1) is 0 Å². The maximum absolute atomic E-state index is 11.9. The van der Waals surface area contributed by atoms with Crippen molar-refractivity contribution in [3.63, 3.8) is 0 Å². The van der Waals surface area contributed by atoms with Gasteiger partial charge in [-0.3, -0.25) is 9.78 Å². The van der Waals surface area contributed by atoms with Crippen molar-refractivity contribution >= 4 is 17.6 Å². The normalized spacial score (nSPS) is 10.1. The Morgan fingerprint density at radius 2 is 1.95 bits per heavy atom. The van der Waals surface area contributed by atoms with E-state index in [1.807, 2.05) is 6.92 Å². The number of rotatable bonds is 3. The Balaban J connectivity index is 2.18. The number of benzene rings is 1. The third-order valence-electron chi connectivity index (χ3n) is 2.66. The third-order valence-corrected chi connectivity index (χ3v) is 2.66. The average molecular weight is 272 g/mol. The van der Waals surface area contributed by atoms with E-state index in [1.54, 1.807) is 12.1 Å². The number of nitrogens with one attached hydrogen (secondary N) is 1. The molecule has 6 heteroatoms. The van der Waals surface area contributed by atoms with Gasteiger partial charge in [-0.2, -0.15) is 0 Å². The fourth-order valence-corrected chi connectivity index (χ4v) is 1.60. The Morgan fingerprint density at radius 1 is 1.20 bits per heavy atom. The number of aromatic nitrogens is 1. The molecule has 0 unspecified atom stereocenters. The number of anilines is 1. The van der Waals surface area contributed by atoms with Crippen molar-refractivity contribution in [2.45, 2.75) is 6.92 Å². The first kappa shape index (κ1) is 13.5. The zero-order chi connectivity index (χ0) is 14.7. The molecule has 3 N–H and O–H groups in total. The number of carboxylic acid groups (broad SMARTS) is 1. The molecule has 0 radical (unpaired) electrons. The first-order chi connectivity index (χ1) is 9.47. The highest BCUT2D eigenvalue weighted by Crippen LogP contribution is 2.22. The van der Waals surface area contributed by atoms with E-state index in [2.05, 4.69) is 10.3 Å². The highest BCUT2D eigenvalue weighted by molar-refractivity contribution is 6.04. The van der Waals surface area contributed by atoms with Crippen LogP contribution in [0.2, 0.25) is 0 Å². The molecular weight excluding hydrogens is 260 g/mol. The predicted octanol–water partition coefficient (Wildman–Crippen LogP) is 2.05. The Hall–Kier alpha value is -2.89. The monoisotopic (exact) mass is 272 g/mol. The van der Waals surface area contributed by atoms with E-state index in [0.29, 0.717) is 11.3 Å². The molecule has 1 aromatic heterocycles. The topological polar surface area (TPSA) is 99.5 Å². The quantitative estimate of drug-likeness (QED) is 0.794. The van der Waals surface area contributed by atoms with Crippen molar-refractivity contribution in [2.24, 2.45) is 0 Å². The summed E-state index contributed by atoms with van der Waals surface area (Å²) in [5.41, 5.74) is 1.25. The minimum Gasteiger partial charge on any atom is -0.507 e. The first-order valence-corrected chi connectivity index (χ1v) is 5.77. The molecule has 0 atom stereocenters. The van der Waals surface area contributed by atoms with E-state index in [-0.39, 0.29) is 11.5 Å². The number of hydrogen-bond donors (Lipinski definition) is 3. The second-order valence-electron chi connectivity index (χ2n) is 4.18. The lowest BCUT2D eigenvalue weighted by molar-refractivity contribution is 0.0693. The van der Waals surface area contributed by atoms with Crippen molar-refractivity contribution < 1.29 is 19.8 Å². The van der Waals surface area contributed by atoms with Gasteiger partial charge in [0, 0.05) is 23.6 Å². The van der Waals surface area contributed by atoms with Crippen LogP contribution in [0, 0.1) is 6.92 Å². The van der Waals surface area contributed by atoms with Gasteiger partial charge in [0.15, 0.2) is 0 Å². The van der Waals surface area contributed by atoms with Gasteiger partial charge in [-0.1, -0.05) is 0 Å². The summed E-state index contributed by atoms with van der Waals surface area (Å²) < 4.78 is 0. The van der Waals surface area contributed by atoms with E-state index < -0.39 is 11.7 Å². The standard InChI is InChI=1S/C14H12N2O4/c1-8-2-3-9(7-15-8)13(18)16-10-4-5-11(14(19)20)12(17)6-10/h2-7,17H,1H3,(H,16,18)(H,19,20). The number of hydrogen-bond acceptors (Lipinski definition) is 4. The highest BCUT2D eigenvalue weighted by Gasteiger charge is 2.11. The molecule has 2 rings (SSSR count). The highest BCUT2D eigenvalue weighted by atomic mass is 16.4. The minimum atomic E-state index is -1.23. The summed E-state index contributed by atoms with van der Waals surface area (Å²) in [5.74, 6) is -2.03. The maximum Gasteiger partial charge on any atom is 0.339 e. The minimum absolute atomic E-state index is 0.222. The molecule has 20 heavy (non-hydrogen) atoms. The van der Waals surface area contributed by atoms with Crippen LogP contribution in [0.15, 0.2) is 36.5 Å². The van der Waals surface area contributed by atoms with Crippen LogP contribution in [0.25, 0.3) is 0 Å². The number of aryl methyl sites for hydroxylation is 1. The molecule has 0 aliphatic rings. The fourth-order valence-electron chi connectivity index (χ4n) is 1.60. The smallest absolute Gasteiger partial charge is 0.339 e. The summed E-state index contributed by atoms with van der Waals surface area (Å²) in [6, 6.07) is 7.15. The summed E-state index contributed by atoms with van der Waals surface area (Å²) in [4.78, 5) is 26.7. The van der Waals surface area contributed by atoms with Gasteiger partial charge in [-0.05, 0) is 31.2 Å². The summed E-state index contributed by atoms with van der Waals surface area (Å²) in [6.07, 6.45) is 1.44. The molecule has 102 valence electrons. The van der Waals surface area contributed by atoms with Crippen molar-refractivity contribution in [3.8, 4) is 5.75 Å². The second kappa shape index (κ2) is 5.40. The third kappa shape index (κ3) is 2.92. The molecule has 1 amide bonds. The molecule has 0 aliphatic heterocycles. The number of amides is 1. The summed E-state index contributed by atoms with van der Waals surface area (Å²) >= 11 is 0. The number of aromatic hydroxyl groups is 1. The van der Waals surface area contributed by atoms with Crippen LogP contribution < -0.4 is 5.32 Å². The van der Waals surface area contributed by atoms with Crippen LogP contribution in [0.4, 0.5) is 5.69 Å². The van der Waals surface area contributed by atoms with Crippen LogP contribution >= 0.6 is 0 Å². The van der Waals surface area contributed by atoms with Gasteiger partial charge in [-0.25, -0.2) is 4.79 Å². The van der Waals surface area contributed by atoms with Gasteiger partial charge in [0.2, 0.25) is 0 Å². The zero-order valence-electron chi connectivity index (χ0n) is 10.6. The van der Waals surface area contributed by atoms with Gasteiger partial charge < -0.3 is 15.5 Å². The van der Waals surface area contributed by atoms with E-state index in [9.17, 15) is 14.7 Å². The lowest BCUT2D eigenvalue weighted by Gasteiger charge is -2.07. The number of nitrogens with zero attached hydrogens (tertiary/aromatic N) is 1. The molecule has 0 spiro atoms. The molecule has 1 heterocycles. The second-order valence-corrected chi connectivity index (χ2v) is 4.18. The number of carbonyl (C=O) groups is 2. The van der Waals surface area contributed by atoms with Gasteiger partial charge in [0.25, 0.3) is 5.91 Å². The summed E-state index contributed by atoms with van der Waals surface area (Å²) in [6.45, 7) is 1.81. The number of aromatic carboxylic acids is 1. The van der Waals surface area contributed by atoms with E-state index in [0.717, 1.165) is 5.69 Å². The SMILES string of the molecule is Cc1ccc(C(=O)Nc2ccc(C(=O)O)c(O)c2)cn1. The summed E-state index contributed by atoms with van der Waals surface area (Å²) in [5, 5.41) is 20.9. The van der Waals surface area contributed by atoms with Crippen molar-refractivity contribution in [3.05, 3.63) is 53.3 Å². The molecule has 0 fully saturated rings. The Morgan fingerprint density at radius 3 is 2.50 bits per heavy atom. The Labute approximate surface area is 114 Å². The fraction of sp³-hybridized carbons (Fsp3) is 0.0714. The lowest BCUT2D eigenvalue weighted by Crippen LogP contribution is -2.12. The Bertz CT molecular complexity index is 665. The molecule has 6 nitrogen and oxygen atoms in total. The largest absolute Gasteiger partial charge is 0.507 e. The number of pyridine rings is 1. The number of carbonyl (C=O) groups excluding carboxylic acids is 1. The molecule has 0 saturated carbocycles. The van der Waals surface area contributed by atoms with Crippen LogP contribution in [0.5, 0.6) is 5.75 Å². The molecule has 1 aromatic carbocycles. The number of carboxylic acids is 1. The summed E-state index contributed by atoms with van der Waals surface area (Å²) in [7, 11) is 0. The van der Waals surface area contributed by atoms with E-state index in [4.69, 9.17) is 5.11 Å². The van der Waals surface area contributed by atoms with E-state index in [1.165, 1.54) is 24.4 Å². The van der Waals surface area contributed by atoms with Crippen LogP contribution in [-0.2, 0) is 0 Å². The Kier molecular flexibility index (Phi) is 3.65. The maximum atomic E-state index is 11.9. The molecule has 0 aliphatic carbocycles. The van der Waals surface area contributed by atoms with Gasteiger partial charge in [0.05, 0.1) is 5.56 Å². The zero-order valence-corrected chi connectivity index (χ0v) is 10.6. The van der Waals surface area contributed by atoms with Crippen molar-refractivity contribution in [2.75, 3.05) is 5.32 Å². The van der Waals surface area contributed by atoms with Crippen molar-refractivity contribution in [1.82, 2.24) is 4.98 Å². The predicted molar refractivity (Wildman–Crippen MR) is 72.0 cm³/mol. The molecular formula is C14H12N2O4. The molecule has 2 aromatic rings. The van der Waals surface area contributed by atoms with Crippen LogP contribution in [0.3, 0.4) is 0 Å². The first-order valence-electron chi connectivity index (χ1n) is 5.77. The number of phenols is 1. The van der Waals surface area contributed by atoms with Gasteiger partial charge in [0.1, 0.15) is 11.3 Å². The molecule has 0 bridgehead atoms. The van der Waals surface area contributed by atoms with Crippen molar-refractivity contribution in [1.29, 1.82) is 0 Å². The lowest BCUT2D eigenvalue weighted by atomic mass is 10.1. The average Bonchev–Trinajstić information content (AvgIpc) is 2.39. The van der Waals surface area contributed by atoms with Crippen LogP contribution in [-0.4, -0.2) is 27.1 Å².